The molecule has 2 amide bonds. The Labute approximate surface area is 76.1 Å². The van der Waals surface area contributed by atoms with Gasteiger partial charge in [-0.2, -0.15) is 0 Å². The average molecular weight is 182 g/mol. The molecule has 0 aliphatic heterocycles. The van der Waals surface area contributed by atoms with Crippen molar-refractivity contribution in [2.24, 2.45) is 0 Å². The van der Waals surface area contributed by atoms with Gasteiger partial charge in [0.1, 0.15) is 0 Å². The van der Waals surface area contributed by atoms with Gasteiger partial charge in [0.15, 0.2) is 0 Å². The first-order valence-corrected chi connectivity index (χ1v) is 4.04. The second-order valence-corrected chi connectivity index (χ2v) is 2.45. The highest BCUT2D eigenvalue weighted by Gasteiger charge is 2.12. The van der Waals surface area contributed by atoms with E-state index < -0.39 is 6.03 Å². The van der Waals surface area contributed by atoms with Gasteiger partial charge in [0, 0.05) is 6.54 Å². The molecule has 70 valence electrons. The number of carbonyl (C=O) groups excluding carboxylic acids is 1. The maximum atomic E-state index is 13.1. The Morgan fingerprint density at radius 1 is 1.46 bits per heavy atom. The molecule has 0 heterocycles. The Hall–Kier alpha value is -1.58. The van der Waals surface area contributed by atoms with Crippen LogP contribution in [0.4, 0.5) is 15.0 Å². The highest BCUT2D eigenvalue weighted by Crippen LogP contribution is 2.12. The monoisotopic (exact) mass is 182 g/mol. The number of nitrogens with one attached hydrogen (secondary N) is 1. The minimum absolute atomic E-state index is 0.0868. The summed E-state index contributed by atoms with van der Waals surface area (Å²) in [7, 11) is 0. The molecule has 13 heavy (non-hydrogen) atoms. The van der Waals surface area contributed by atoms with Crippen LogP contribution in [0, 0.1) is 0 Å². The fourth-order valence-electron chi connectivity index (χ4n) is 0.897. The molecule has 1 aromatic rings. The second kappa shape index (κ2) is 4.45. The number of benzene rings is 1. The van der Waals surface area contributed by atoms with E-state index in [0.717, 1.165) is 0 Å². The van der Waals surface area contributed by atoms with Crippen LogP contribution in [0.5, 0.6) is 0 Å². The number of amides is 2. The average Bonchev–Trinajstić information content (AvgIpc) is 2.18. The molecule has 1 N–H and O–H groups in total. The van der Waals surface area contributed by atoms with Crippen LogP contribution in [0.25, 0.3) is 0 Å². The summed E-state index contributed by atoms with van der Waals surface area (Å²) in [6.45, 7) is 2.14. The molecular formula is C9H11FN2O. The lowest BCUT2D eigenvalue weighted by atomic mass is 10.3. The molecule has 3 nitrogen and oxygen atoms in total. The van der Waals surface area contributed by atoms with Crippen molar-refractivity contribution >= 4 is 11.7 Å². The fourth-order valence-corrected chi connectivity index (χ4v) is 0.897. The predicted octanol–water partition coefficient (Wildman–Crippen LogP) is 2.11. The van der Waals surface area contributed by atoms with Gasteiger partial charge < -0.3 is 5.32 Å². The normalized spacial score (nSPS) is 9.38. The molecule has 0 aliphatic rings. The van der Waals surface area contributed by atoms with Crippen LogP contribution >= 0.6 is 0 Å². The Kier molecular flexibility index (Phi) is 3.25. The van der Waals surface area contributed by atoms with Crippen molar-refractivity contribution < 1.29 is 9.28 Å². The van der Waals surface area contributed by atoms with Gasteiger partial charge in [0.05, 0.1) is 5.69 Å². The van der Waals surface area contributed by atoms with E-state index in [-0.39, 0.29) is 10.8 Å². The molecule has 1 aromatic carbocycles. The lowest BCUT2D eigenvalue weighted by Crippen LogP contribution is -2.34. The minimum Gasteiger partial charge on any atom is -0.336 e. The number of carbonyl (C=O) groups is 1. The summed E-state index contributed by atoms with van der Waals surface area (Å²) in [5.41, 5.74) is 0.230. The minimum atomic E-state index is -0.742. The molecule has 0 radical (unpaired) electrons. The zero-order valence-corrected chi connectivity index (χ0v) is 7.33. The summed E-state index contributed by atoms with van der Waals surface area (Å²) in [5, 5.41) is 2.44. The van der Waals surface area contributed by atoms with E-state index in [1.807, 2.05) is 0 Å². The first-order chi connectivity index (χ1) is 6.25. The van der Waals surface area contributed by atoms with E-state index in [9.17, 15) is 9.28 Å². The van der Waals surface area contributed by atoms with E-state index in [0.29, 0.717) is 6.54 Å². The van der Waals surface area contributed by atoms with Crippen molar-refractivity contribution in [2.45, 2.75) is 6.92 Å². The molecule has 0 spiro atoms. The largest absolute Gasteiger partial charge is 0.350 e. The first-order valence-electron chi connectivity index (χ1n) is 4.04. The van der Waals surface area contributed by atoms with Crippen LogP contribution in [-0.2, 0) is 0 Å². The predicted molar refractivity (Wildman–Crippen MR) is 49.1 cm³/mol. The molecule has 0 aliphatic carbocycles. The van der Waals surface area contributed by atoms with Crippen molar-refractivity contribution in [1.82, 2.24) is 5.32 Å². The number of hydrogen-bond donors (Lipinski definition) is 1. The Morgan fingerprint density at radius 2 is 2.08 bits per heavy atom. The summed E-state index contributed by atoms with van der Waals surface area (Å²) in [5.74, 6) is 0. The number of urea groups is 1. The lowest BCUT2D eigenvalue weighted by Gasteiger charge is -2.11. The molecule has 0 saturated heterocycles. The van der Waals surface area contributed by atoms with Crippen LogP contribution in [0.15, 0.2) is 30.3 Å². The van der Waals surface area contributed by atoms with Gasteiger partial charge >= 0.3 is 6.03 Å². The Bertz CT molecular complexity index is 276. The zero-order chi connectivity index (χ0) is 9.68. The SMILES string of the molecule is CCNC(=O)N(F)c1ccccc1. The number of para-hydroxylation sites is 1. The van der Waals surface area contributed by atoms with Crippen molar-refractivity contribution in [2.75, 3.05) is 11.7 Å². The third kappa shape index (κ3) is 2.43. The topological polar surface area (TPSA) is 32.3 Å². The summed E-state index contributed by atoms with van der Waals surface area (Å²) < 4.78 is 13.1. The van der Waals surface area contributed by atoms with Gasteiger partial charge in [-0.3, -0.25) is 0 Å². The van der Waals surface area contributed by atoms with E-state index in [2.05, 4.69) is 5.32 Å². The zero-order valence-electron chi connectivity index (χ0n) is 7.33. The molecule has 0 saturated carbocycles. The molecule has 0 aromatic heterocycles. The summed E-state index contributed by atoms with van der Waals surface area (Å²) in [4.78, 5) is 11.0. The van der Waals surface area contributed by atoms with Gasteiger partial charge in [-0.1, -0.05) is 22.7 Å². The van der Waals surface area contributed by atoms with Crippen molar-refractivity contribution in [3.8, 4) is 0 Å². The van der Waals surface area contributed by atoms with E-state index in [4.69, 9.17) is 0 Å². The lowest BCUT2D eigenvalue weighted by molar-refractivity contribution is 0.234. The highest BCUT2D eigenvalue weighted by atomic mass is 19.2. The molecule has 4 heteroatoms. The smallest absolute Gasteiger partial charge is 0.336 e. The van der Waals surface area contributed by atoms with Crippen molar-refractivity contribution in [1.29, 1.82) is 0 Å². The van der Waals surface area contributed by atoms with Crippen LogP contribution in [0.3, 0.4) is 0 Å². The van der Waals surface area contributed by atoms with E-state index in [1.165, 1.54) is 12.1 Å². The van der Waals surface area contributed by atoms with Gasteiger partial charge in [-0.15, -0.1) is 5.12 Å². The van der Waals surface area contributed by atoms with Crippen LogP contribution in [0.2, 0.25) is 0 Å². The van der Waals surface area contributed by atoms with Gasteiger partial charge in [-0.25, -0.2) is 4.79 Å². The fraction of sp³-hybridized carbons (Fsp3) is 0.222. The standard InChI is InChI=1S/C9H11FN2O/c1-2-11-9(13)12(10)8-6-4-3-5-7-8/h3-7H,2H2,1H3,(H,11,13). The maximum absolute atomic E-state index is 13.1. The molecule has 1 rings (SSSR count). The van der Waals surface area contributed by atoms with Gasteiger partial charge in [-0.05, 0) is 19.1 Å². The van der Waals surface area contributed by atoms with Crippen molar-refractivity contribution in [3.63, 3.8) is 0 Å². The second-order valence-electron chi connectivity index (χ2n) is 2.45. The number of anilines is 1. The summed E-state index contributed by atoms with van der Waals surface area (Å²) >= 11 is 0. The molecule has 0 unspecified atom stereocenters. The van der Waals surface area contributed by atoms with Crippen molar-refractivity contribution in [3.05, 3.63) is 30.3 Å². The van der Waals surface area contributed by atoms with Gasteiger partial charge in [0.2, 0.25) is 0 Å². The molecule has 0 fully saturated rings. The quantitative estimate of drug-likeness (QED) is 0.698. The van der Waals surface area contributed by atoms with Crippen LogP contribution in [0.1, 0.15) is 6.92 Å². The van der Waals surface area contributed by atoms with E-state index in [1.54, 1.807) is 25.1 Å². The molecular weight excluding hydrogens is 171 g/mol. The van der Waals surface area contributed by atoms with E-state index >= 15 is 0 Å². The number of halogens is 1. The Balaban J connectivity index is 2.68. The molecule has 0 bridgehead atoms. The summed E-state index contributed by atoms with van der Waals surface area (Å²) in [6.07, 6.45) is 0. The highest BCUT2D eigenvalue weighted by molar-refractivity contribution is 5.89. The number of rotatable bonds is 2. The van der Waals surface area contributed by atoms with Crippen LogP contribution in [-0.4, -0.2) is 12.6 Å². The third-order valence-corrected chi connectivity index (χ3v) is 1.49. The maximum Gasteiger partial charge on any atom is 0.350 e. The van der Waals surface area contributed by atoms with Crippen LogP contribution < -0.4 is 10.4 Å². The van der Waals surface area contributed by atoms with Gasteiger partial charge in [0.25, 0.3) is 0 Å². The third-order valence-electron chi connectivity index (χ3n) is 1.49. The number of hydrogen-bond acceptors (Lipinski definition) is 1. The number of nitrogens with zero attached hydrogens (tertiary/aromatic N) is 1. The summed E-state index contributed by atoms with van der Waals surface area (Å²) in [6, 6.07) is 7.40. The Morgan fingerprint density at radius 3 is 2.62 bits per heavy atom. The molecule has 0 atom stereocenters. The first kappa shape index (κ1) is 9.51.